The predicted octanol–water partition coefficient (Wildman–Crippen LogP) is 9.41. The zero-order valence-corrected chi connectivity index (χ0v) is 30.4. The molecule has 1 atom stereocenters. The number of hydrogen-bond donors (Lipinski definition) is 1. The Labute approximate surface area is 321 Å². The van der Waals surface area contributed by atoms with E-state index in [9.17, 15) is 9.59 Å². The van der Waals surface area contributed by atoms with Gasteiger partial charge in [-0.3, -0.25) is 4.99 Å². The fraction of sp³-hybridized carbons (Fsp3) is 0.152. The molecule has 5 aromatic carbocycles. The van der Waals surface area contributed by atoms with Gasteiger partial charge in [0.15, 0.2) is 0 Å². The van der Waals surface area contributed by atoms with Crippen LogP contribution < -0.4 is 24.6 Å². The zero-order valence-electron chi connectivity index (χ0n) is 30.4. The Morgan fingerprint density at radius 1 is 0.764 bits per heavy atom. The minimum Gasteiger partial charge on any atom is -0.494 e. The largest absolute Gasteiger partial charge is 0.494 e. The lowest BCUT2D eigenvalue weighted by atomic mass is 9.83. The molecule has 0 radical (unpaired) electrons. The van der Waals surface area contributed by atoms with E-state index < -0.39 is 17.5 Å². The van der Waals surface area contributed by atoms with E-state index in [2.05, 4.69) is 76.4 Å². The maximum absolute atomic E-state index is 13.2. The Balaban J connectivity index is 1.08. The second kappa shape index (κ2) is 17.3. The average Bonchev–Trinajstić information content (AvgIpc) is 3.25. The summed E-state index contributed by atoms with van der Waals surface area (Å²) in [4.78, 5) is 33.4. The molecule has 2 aliphatic rings. The lowest BCUT2D eigenvalue weighted by Crippen LogP contribution is -2.51. The van der Waals surface area contributed by atoms with E-state index in [0.29, 0.717) is 30.3 Å². The van der Waals surface area contributed by atoms with Crippen molar-refractivity contribution in [2.45, 2.75) is 31.2 Å². The number of para-hydroxylation sites is 1. The molecule has 2 heterocycles. The van der Waals surface area contributed by atoms with E-state index >= 15 is 0 Å². The Kier molecular flexibility index (Phi) is 11.5. The summed E-state index contributed by atoms with van der Waals surface area (Å²) in [7, 11) is 0. The monoisotopic (exact) mass is 730 g/mol. The first-order valence-electron chi connectivity index (χ1n) is 18.4. The molecular weight excluding hydrogens is 689 g/mol. The van der Waals surface area contributed by atoms with Crippen molar-refractivity contribution in [3.63, 3.8) is 0 Å². The van der Waals surface area contributed by atoms with Gasteiger partial charge >= 0.3 is 11.9 Å². The first kappa shape index (κ1) is 36.5. The van der Waals surface area contributed by atoms with Crippen molar-refractivity contribution in [2.75, 3.05) is 23.0 Å². The number of ether oxygens (including phenoxy) is 3. The van der Waals surface area contributed by atoms with Gasteiger partial charge in [0, 0.05) is 54.4 Å². The molecule has 1 N–H and O–H groups in total. The number of anilines is 2. The van der Waals surface area contributed by atoms with Crippen LogP contribution >= 0.6 is 0 Å². The van der Waals surface area contributed by atoms with Gasteiger partial charge in [-0.2, -0.15) is 0 Å². The summed E-state index contributed by atoms with van der Waals surface area (Å²) < 4.78 is 16.7. The van der Waals surface area contributed by atoms with Crippen LogP contribution in [0.5, 0.6) is 11.5 Å². The third-order valence-corrected chi connectivity index (χ3v) is 9.49. The number of esters is 2. The minimum atomic E-state index is -0.907. The highest BCUT2D eigenvalue weighted by molar-refractivity contribution is 5.98. The quantitative estimate of drug-likeness (QED) is 0.0493. The molecule has 7 rings (SSSR count). The number of unbranched alkanes of at least 4 members (excludes halogenated alkanes) is 3. The van der Waals surface area contributed by atoms with Crippen LogP contribution in [-0.4, -0.2) is 31.4 Å². The van der Waals surface area contributed by atoms with Crippen LogP contribution in [0.25, 0.3) is 10.8 Å². The smallest absolute Gasteiger partial charge is 0.343 e. The van der Waals surface area contributed by atoms with E-state index in [1.807, 2.05) is 73.3 Å². The molecule has 0 saturated carbocycles. The van der Waals surface area contributed by atoms with Gasteiger partial charge in [0.1, 0.15) is 17.0 Å². The molecule has 9 heteroatoms. The lowest BCUT2D eigenvalue weighted by Gasteiger charge is -2.45. The SMILES string of the molecule is C=CC(=O)OCCCCCCOc1ccc(C(=O)Oc2ccc(C3(C4=CN(c5ccccc5)C=CN4)C=NC=CN3c3cccc4ccccc34)cc2)cc1. The number of aliphatic imine (C=N–C) groups is 1. The van der Waals surface area contributed by atoms with Crippen molar-refractivity contribution in [1.29, 1.82) is 0 Å². The molecular formula is C46H42N4O5. The Hall–Kier alpha value is -6.87. The molecule has 9 nitrogen and oxygen atoms in total. The van der Waals surface area contributed by atoms with Gasteiger partial charge in [0.05, 0.1) is 30.2 Å². The van der Waals surface area contributed by atoms with Gasteiger partial charge in [0.25, 0.3) is 0 Å². The summed E-state index contributed by atoms with van der Waals surface area (Å²) in [6.45, 7) is 4.34. The molecule has 0 amide bonds. The van der Waals surface area contributed by atoms with E-state index in [1.165, 1.54) is 6.08 Å². The van der Waals surface area contributed by atoms with Gasteiger partial charge < -0.3 is 29.3 Å². The summed E-state index contributed by atoms with van der Waals surface area (Å²) in [5.41, 5.74) is 3.32. The molecule has 0 aliphatic carbocycles. The third kappa shape index (κ3) is 8.36. The lowest BCUT2D eigenvalue weighted by molar-refractivity contribution is -0.137. The number of carbonyl (C=O) groups excluding carboxylic acids is 2. The van der Waals surface area contributed by atoms with Crippen molar-refractivity contribution in [3.8, 4) is 11.5 Å². The highest BCUT2D eigenvalue weighted by Gasteiger charge is 2.43. The molecule has 0 fully saturated rings. The number of nitrogens with one attached hydrogen (secondary N) is 1. The van der Waals surface area contributed by atoms with Gasteiger partial charge in [-0.15, -0.1) is 0 Å². The maximum atomic E-state index is 13.2. The number of benzene rings is 5. The van der Waals surface area contributed by atoms with Crippen molar-refractivity contribution in [2.24, 2.45) is 4.99 Å². The van der Waals surface area contributed by atoms with Crippen molar-refractivity contribution >= 4 is 40.3 Å². The normalized spacial score (nSPS) is 16.0. The maximum Gasteiger partial charge on any atom is 0.343 e. The van der Waals surface area contributed by atoms with Gasteiger partial charge in [0.2, 0.25) is 0 Å². The van der Waals surface area contributed by atoms with Crippen molar-refractivity contribution in [1.82, 2.24) is 5.32 Å². The predicted molar refractivity (Wildman–Crippen MR) is 218 cm³/mol. The number of rotatable bonds is 15. The molecule has 55 heavy (non-hydrogen) atoms. The van der Waals surface area contributed by atoms with E-state index in [-0.39, 0.29) is 0 Å². The first-order chi connectivity index (χ1) is 27.0. The summed E-state index contributed by atoms with van der Waals surface area (Å²) in [5, 5.41) is 5.77. The van der Waals surface area contributed by atoms with Crippen LogP contribution in [-0.2, 0) is 15.1 Å². The fourth-order valence-electron chi connectivity index (χ4n) is 6.70. The first-order valence-corrected chi connectivity index (χ1v) is 18.4. The molecule has 5 aromatic rings. The highest BCUT2D eigenvalue weighted by atomic mass is 16.5. The summed E-state index contributed by atoms with van der Waals surface area (Å²) in [6, 6.07) is 39.4. The van der Waals surface area contributed by atoms with Crippen LogP contribution in [0.1, 0.15) is 41.6 Å². The van der Waals surface area contributed by atoms with Gasteiger partial charge in [-0.25, -0.2) is 9.59 Å². The third-order valence-electron chi connectivity index (χ3n) is 9.49. The molecule has 276 valence electrons. The van der Waals surface area contributed by atoms with Crippen molar-refractivity contribution < 1.29 is 23.8 Å². The Morgan fingerprint density at radius 3 is 2.29 bits per heavy atom. The van der Waals surface area contributed by atoms with E-state index in [0.717, 1.165) is 59.1 Å². The molecule has 0 bridgehead atoms. The Morgan fingerprint density at radius 2 is 1.49 bits per heavy atom. The minimum absolute atomic E-state index is 0.394. The standard InChI is InChI=1S/C46H42N4O5/c1-2-44(51)54-32-11-4-3-10-31-53-39-23-19-36(20-24-39)45(52)55-40-25-21-37(22-26-40)46(43-33-49(29-28-48-43)38-15-6-5-7-16-38)34-47-27-30-50(46)42-18-12-14-35-13-8-9-17-41(35)42/h2,5-9,12-30,33-34,48H,1,3-4,10-11,31-32H2. The van der Waals surface area contributed by atoms with Crippen LogP contribution in [0.15, 0.2) is 176 Å². The van der Waals surface area contributed by atoms with Crippen molar-refractivity contribution in [3.05, 3.63) is 182 Å². The van der Waals surface area contributed by atoms with Crippen LogP contribution in [0.3, 0.4) is 0 Å². The molecule has 1 unspecified atom stereocenters. The van der Waals surface area contributed by atoms with E-state index in [1.54, 1.807) is 30.5 Å². The summed E-state index contributed by atoms with van der Waals surface area (Å²) >= 11 is 0. The second-order valence-corrected chi connectivity index (χ2v) is 13.0. The number of fused-ring (bicyclic) bond motifs is 1. The molecule has 0 saturated heterocycles. The summed E-state index contributed by atoms with van der Waals surface area (Å²) in [5.74, 6) is 0.233. The van der Waals surface area contributed by atoms with Gasteiger partial charge in [-0.1, -0.05) is 73.3 Å². The molecule has 0 spiro atoms. The zero-order chi connectivity index (χ0) is 37.9. The second-order valence-electron chi connectivity index (χ2n) is 13.0. The van der Waals surface area contributed by atoms with Crippen LogP contribution in [0.4, 0.5) is 11.4 Å². The topological polar surface area (TPSA) is 92.7 Å². The number of hydrogen-bond acceptors (Lipinski definition) is 9. The highest BCUT2D eigenvalue weighted by Crippen LogP contribution is 2.43. The van der Waals surface area contributed by atoms with E-state index in [4.69, 9.17) is 19.2 Å². The van der Waals surface area contributed by atoms with Gasteiger partial charge in [-0.05, 0) is 91.2 Å². The fourth-order valence-corrected chi connectivity index (χ4v) is 6.70. The number of nitrogens with zero attached hydrogens (tertiary/aromatic N) is 3. The van der Waals surface area contributed by atoms with Crippen LogP contribution in [0, 0.1) is 0 Å². The molecule has 2 aliphatic heterocycles. The number of carbonyl (C=O) groups is 2. The Bertz CT molecular complexity index is 2240. The van der Waals surface area contributed by atoms with Crippen LogP contribution in [0.2, 0.25) is 0 Å². The summed E-state index contributed by atoms with van der Waals surface area (Å²) in [6.07, 6.45) is 16.5. The average molecular weight is 731 g/mol. The molecule has 0 aromatic heterocycles.